The highest BCUT2D eigenvalue weighted by molar-refractivity contribution is 6.05. The van der Waals surface area contributed by atoms with Crippen LogP contribution in [0.5, 0.6) is 17.4 Å². The molecular weight excluding hydrogens is 766 g/mol. The van der Waals surface area contributed by atoms with E-state index in [-0.39, 0.29) is 24.0 Å². The molecule has 13 nitrogen and oxygen atoms in total. The Morgan fingerprint density at radius 2 is 1.48 bits per heavy atom. The second-order valence-corrected chi connectivity index (χ2v) is 13.0. The molecule has 304 valence electrons. The van der Waals surface area contributed by atoms with Crippen LogP contribution in [0.2, 0.25) is 0 Å². The molecular formula is C41H39F4N5O8. The molecule has 3 heterocycles. The van der Waals surface area contributed by atoms with Crippen molar-refractivity contribution in [1.82, 2.24) is 19.4 Å². The Hall–Kier alpha value is -6.75. The summed E-state index contributed by atoms with van der Waals surface area (Å²) in [7, 11) is 3.37. The average Bonchev–Trinajstić information content (AvgIpc) is 3.54. The molecule has 2 amide bonds. The molecule has 0 radical (unpaired) electrons. The fourth-order valence-electron chi connectivity index (χ4n) is 5.98. The molecule has 3 aromatic carbocycles. The number of rotatable bonds is 12. The first-order valence-corrected chi connectivity index (χ1v) is 17.7. The summed E-state index contributed by atoms with van der Waals surface area (Å²) in [4.78, 5) is 55.3. The quantitative estimate of drug-likeness (QED) is 0.103. The molecule has 0 bridgehead atoms. The lowest BCUT2D eigenvalue weighted by atomic mass is 10.1. The van der Waals surface area contributed by atoms with Crippen LogP contribution < -0.4 is 14.4 Å². The monoisotopic (exact) mass is 805 g/mol. The zero-order valence-electron chi connectivity index (χ0n) is 31.4. The number of aromatic nitrogens is 2. The number of anilines is 1. The lowest BCUT2D eigenvalue weighted by Crippen LogP contribution is -2.48. The summed E-state index contributed by atoms with van der Waals surface area (Å²) in [6.07, 6.45) is -1.93. The van der Waals surface area contributed by atoms with Gasteiger partial charge in [0.05, 0.1) is 17.4 Å². The number of carboxylic acid groups (broad SMARTS) is 2. The number of fused-ring (bicyclic) bond motifs is 1. The van der Waals surface area contributed by atoms with E-state index in [0.717, 1.165) is 60.4 Å². The van der Waals surface area contributed by atoms with Gasteiger partial charge in [0.1, 0.15) is 30.5 Å². The summed E-state index contributed by atoms with van der Waals surface area (Å²) in [6, 6.07) is 22.2. The van der Waals surface area contributed by atoms with Crippen LogP contribution in [0.1, 0.15) is 32.0 Å². The van der Waals surface area contributed by atoms with Gasteiger partial charge in [-0.3, -0.25) is 14.5 Å². The molecule has 2 aromatic heterocycles. The van der Waals surface area contributed by atoms with Gasteiger partial charge in [-0.15, -0.1) is 0 Å². The number of amides is 2. The molecule has 1 fully saturated rings. The smallest absolute Gasteiger partial charge is 0.416 e. The molecule has 0 aliphatic carbocycles. The number of carboxylic acids is 2. The normalized spacial score (nSPS) is 13.2. The summed E-state index contributed by atoms with van der Waals surface area (Å²) in [6.45, 7) is 2.92. The topological polar surface area (TPSA) is 155 Å². The molecule has 2 N–H and O–H groups in total. The maximum Gasteiger partial charge on any atom is 0.416 e. The van der Waals surface area contributed by atoms with E-state index in [1.165, 1.54) is 18.1 Å². The number of benzene rings is 3. The van der Waals surface area contributed by atoms with Crippen LogP contribution in [0.25, 0.3) is 10.9 Å². The zero-order valence-corrected chi connectivity index (χ0v) is 31.4. The van der Waals surface area contributed by atoms with Crippen molar-refractivity contribution in [2.75, 3.05) is 51.4 Å². The first-order valence-electron chi connectivity index (χ1n) is 17.7. The van der Waals surface area contributed by atoms with Crippen LogP contribution in [-0.2, 0) is 29.4 Å². The summed E-state index contributed by atoms with van der Waals surface area (Å²) in [5.41, 5.74) is 2.26. The van der Waals surface area contributed by atoms with E-state index >= 15 is 0 Å². The number of hydrogen-bond donors (Lipinski definition) is 2. The van der Waals surface area contributed by atoms with Crippen molar-refractivity contribution in [2.24, 2.45) is 7.05 Å². The van der Waals surface area contributed by atoms with Gasteiger partial charge in [-0.1, -0.05) is 12.1 Å². The molecule has 0 spiro atoms. The first-order chi connectivity index (χ1) is 27.6. The molecule has 0 saturated carbocycles. The van der Waals surface area contributed by atoms with E-state index in [1.54, 1.807) is 18.2 Å². The van der Waals surface area contributed by atoms with Gasteiger partial charge in [-0.05, 0) is 72.3 Å². The molecule has 0 unspecified atom stereocenters. The molecule has 5 aromatic rings. The van der Waals surface area contributed by atoms with Crippen molar-refractivity contribution in [3.05, 3.63) is 126 Å². The Morgan fingerprint density at radius 3 is 2.05 bits per heavy atom. The number of ether oxygens (including phenoxy) is 2. The Balaban J connectivity index is 0.000000725. The number of piperazine rings is 1. The van der Waals surface area contributed by atoms with Crippen LogP contribution in [0.15, 0.2) is 103 Å². The van der Waals surface area contributed by atoms with Gasteiger partial charge in [0.15, 0.2) is 0 Å². The number of carbonyl (C=O) groups is 4. The highest BCUT2D eigenvalue weighted by Crippen LogP contribution is 2.31. The van der Waals surface area contributed by atoms with Crippen LogP contribution in [-0.4, -0.2) is 99.8 Å². The highest BCUT2D eigenvalue weighted by atomic mass is 19.4. The van der Waals surface area contributed by atoms with Gasteiger partial charge in [0, 0.05) is 81.5 Å². The lowest BCUT2D eigenvalue weighted by molar-refractivity contribution is -0.137. The fourth-order valence-corrected chi connectivity index (χ4v) is 5.98. The minimum Gasteiger partial charge on any atom is -0.491 e. The SMILES string of the molecule is CN(C(=O)c1ccc(C(F)(F)F)cc1)c1ccc(Oc2ccc3c(c2)cc(C(=O)N2CCN(Cc4ccc(OCCF)cc4)CC2)n3C)nc1.O=C(O)C=CC(=O)O. The molecule has 1 aliphatic heterocycles. The van der Waals surface area contributed by atoms with E-state index in [0.29, 0.717) is 48.1 Å². The Labute approximate surface area is 329 Å². The third kappa shape index (κ3) is 11.2. The zero-order chi connectivity index (χ0) is 42.0. The summed E-state index contributed by atoms with van der Waals surface area (Å²) in [5, 5.41) is 16.4. The predicted octanol–water partition coefficient (Wildman–Crippen LogP) is 6.68. The van der Waals surface area contributed by atoms with E-state index in [2.05, 4.69) is 9.88 Å². The predicted molar refractivity (Wildman–Crippen MR) is 205 cm³/mol. The number of halogens is 4. The Kier molecular flexibility index (Phi) is 13.8. The first kappa shape index (κ1) is 42.4. The molecule has 1 aliphatic rings. The van der Waals surface area contributed by atoms with Crippen LogP contribution >= 0.6 is 0 Å². The molecule has 6 rings (SSSR count). The van der Waals surface area contributed by atoms with Crippen LogP contribution in [0.4, 0.5) is 23.2 Å². The highest BCUT2D eigenvalue weighted by Gasteiger charge is 2.30. The van der Waals surface area contributed by atoms with E-state index in [1.807, 2.05) is 59.0 Å². The number of carbonyl (C=O) groups excluding carboxylic acids is 2. The van der Waals surface area contributed by atoms with Crippen molar-refractivity contribution in [1.29, 1.82) is 0 Å². The van der Waals surface area contributed by atoms with Crippen LogP contribution in [0, 0.1) is 0 Å². The van der Waals surface area contributed by atoms with Gasteiger partial charge in [0.2, 0.25) is 5.88 Å². The standard InChI is InChI=1S/C37H35F4N5O4.C4H4O4/c1-43(35(47)26-5-7-28(8-6-26)37(39,40)41)29-9-14-34(42-23-29)50-31-12-13-32-27(21-31)22-33(44(32)2)36(48)46-18-16-45(17-19-46)24-25-3-10-30(11-4-25)49-20-15-38;5-3(6)1-2-4(7)8/h3-14,21-23H,15-20,24H2,1-2H3;1-2H,(H,5,6)(H,7,8). The molecule has 17 heteroatoms. The number of nitrogens with zero attached hydrogens (tertiary/aromatic N) is 5. The van der Waals surface area contributed by atoms with Crippen molar-refractivity contribution >= 4 is 40.3 Å². The molecule has 58 heavy (non-hydrogen) atoms. The maximum atomic E-state index is 13.6. The van der Waals surface area contributed by atoms with Gasteiger partial charge in [-0.2, -0.15) is 13.2 Å². The number of alkyl halides is 4. The van der Waals surface area contributed by atoms with E-state index in [4.69, 9.17) is 19.7 Å². The number of pyridine rings is 1. The Bertz CT molecular complexity index is 2240. The van der Waals surface area contributed by atoms with E-state index in [9.17, 15) is 36.7 Å². The van der Waals surface area contributed by atoms with Crippen molar-refractivity contribution in [2.45, 2.75) is 12.7 Å². The second-order valence-electron chi connectivity index (χ2n) is 13.0. The Morgan fingerprint density at radius 1 is 0.845 bits per heavy atom. The fraction of sp³-hybridized carbons (Fsp3) is 0.244. The molecule has 1 saturated heterocycles. The summed E-state index contributed by atoms with van der Waals surface area (Å²) in [5.74, 6) is -1.63. The van der Waals surface area contributed by atoms with Crippen molar-refractivity contribution < 1.29 is 56.4 Å². The van der Waals surface area contributed by atoms with E-state index < -0.39 is 36.3 Å². The van der Waals surface area contributed by atoms with Crippen molar-refractivity contribution in [3.8, 4) is 17.4 Å². The van der Waals surface area contributed by atoms with Crippen LogP contribution in [0.3, 0.4) is 0 Å². The summed E-state index contributed by atoms with van der Waals surface area (Å²) < 4.78 is 64.2. The number of aryl methyl sites for hydroxylation is 1. The number of hydrogen-bond acceptors (Lipinski definition) is 8. The third-order valence-electron chi connectivity index (χ3n) is 9.03. The van der Waals surface area contributed by atoms with Gasteiger partial charge in [-0.25, -0.2) is 19.0 Å². The average molecular weight is 806 g/mol. The number of aliphatic carboxylic acids is 2. The molecule has 0 atom stereocenters. The van der Waals surface area contributed by atoms with Gasteiger partial charge < -0.3 is 34.1 Å². The van der Waals surface area contributed by atoms with Gasteiger partial charge >= 0.3 is 18.1 Å². The maximum absolute atomic E-state index is 13.6. The minimum absolute atomic E-state index is 0.0406. The van der Waals surface area contributed by atoms with Gasteiger partial charge in [0.25, 0.3) is 11.8 Å². The summed E-state index contributed by atoms with van der Waals surface area (Å²) >= 11 is 0. The minimum atomic E-state index is -4.49. The third-order valence-corrected chi connectivity index (χ3v) is 9.03. The second kappa shape index (κ2) is 18.9. The lowest BCUT2D eigenvalue weighted by Gasteiger charge is -2.34. The largest absolute Gasteiger partial charge is 0.491 e. The van der Waals surface area contributed by atoms with Crippen molar-refractivity contribution in [3.63, 3.8) is 0 Å².